The number of nitrogens with zero attached hydrogens (tertiary/aromatic N) is 2. The van der Waals surface area contributed by atoms with Crippen LogP contribution in [-0.2, 0) is 10.3 Å². The van der Waals surface area contributed by atoms with E-state index in [0.717, 1.165) is 37.2 Å². The van der Waals surface area contributed by atoms with Crippen LogP contribution in [0.25, 0.3) is 0 Å². The summed E-state index contributed by atoms with van der Waals surface area (Å²) in [5.74, 6) is -0.261. The smallest absolute Gasteiger partial charge is 0.235 e. The van der Waals surface area contributed by atoms with Crippen molar-refractivity contribution in [2.24, 2.45) is 4.99 Å². The molecule has 0 atom stereocenters. The standard InChI is InChI=1S/C15H17FN2O/c16-12-4-5-14(18-8-2-1-3-9-18)13(10-12)15(6-7-15)17-11-19/h4-5,10H,1-3,6-9H2. The van der Waals surface area contributed by atoms with Crippen LogP contribution >= 0.6 is 0 Å². The Morgan fingerprint density at radius 2 is 1.95 bits per heavy atom. The number of hydrogen-bond donors (Lipinski definition) is 0. The van der Waals surface area contributed by atoms with Crippen LogP contribution in [0, 0.1) is 5.82 Å². The van der Waals surface area contributed by atoms with Gasteiger partial charge in [0.15, 0.2) is 0 Å². The van der Waals surface area contributed by atoms with E-state index < -0.39 is 5.54 Å². The lowest BCUT2D eigenvalue weighted by molar-refractivity contribution is 0.552. The SMILES string of the molecule is O=C=NC1(c2cc(F)ccc2N2CCCCC2)CC1. The van der Waals surface area contributed by atoms with E-state index in [4.69, 9.17) is 0 Å². The summed E-state index contributed by atoms with van der Waals surface area (Å²) < 4.78 is 13.6. The van der Waals surface area contributed by atoms with Crippen molar-refractivity contribution < 1.29 is 9.18 Å². The highest BCUT2D eigenvalue weighted by molar-refractivity contribution is 5.60. The van der Waals surface area contributed by atoms with Crippen LogP contribution in [0.1, 0.15) is 37.7 Å². The van der Waals surface area contributed by atoms with Crippen molar-refractivity contribution in [3.8, 4) is 0 Å². The topological polar surface area (TPSA) is 32.7 Å². The molecule has 1 aromatic rings. The zero-order valence-electron chi connectivity index (χ0n) is 10.9. The second-order valence-electron chi connectivity index (χ2n) is 5.44. The van der Waals surface area contributed by atoms with E-state index >= 15 is 0 Å². The average Bonchev–Trinajstić information content (AvgIpc) is 3.21. The fraction of sp³-hybridized carbons (Fsp3) is 0.533. The zero-order valence-corrected chi connectivity index (χ0v) is 10.9. The number of hydrogen-bond acceptors (Lipinski definition) is 3. The predicted molar refractivity (Wildman–Crippen MR) is 71.5 cm³/mol. The molecule has 1 saturated heterocycles. The number of anilines is 1. The van der Waals surface area contributed by atoms with Gasteiger partial charge in [0, 0.05) is 24.3 Å². The first kappa shape index (κ1) is 12.4. The Morgan fingerprint density at radius 1 is 1.21 bits per heavy atom. The van der Waals surface area contributed by atoms with Crippen molar-refractivity contribution >= 4 is 11.8 Å². The molecule has 1 saturated carbocycles. The molecular weight excluding hydrogens is 243 g/mol. The lowest BCUT2D eigenvalue weighted by atomic mass is 10.00. The van der Waals surface area contributed by atoms with Gasteiger partial charge in [-0.1, -0.05) is 0 Å². The second kappa shape index (κ2) is 4.78. The van der Waals surface area contributed by atoms with Crippen LogP contribution in [0.15, 0.2) is 23.2 Å². The minimum absolute atomic E-state index is 0.261. The molecule has 4 heteroatoms. The van der Waals surface area contributed by atoms with Gasteiger partial charge in [0.25, 0.3) is 0 Å². The van der Waals surface area contributed by atoms with E-state index in [1.165, 1.54) is 31.4 Å². The number of halogens is 1. The second-order valence-corrected chi connectivity index (χ2v) is 5.44. The first-order valence-electron chi connectivity index (χ1n) is 6.89. The van der Waals surface area contributed by atoms with Gasteiger partial charge in [-0.25, -0.2) is 9.18 Å². The molecule has 3 rings (SSSR count). The molecule has 1 aromatic carbocycles. The van der Waals surface area contributed by atoms with Gasteiger partial charge in [0.2, 0.25) is 6.08 Å². The molecule has 1 heterocycles. The summed E-state index contributed by atoms with van der Waals surface area (Å²) in [4.78, 5) is 16.8. The third-order valence-electron chi connectivity index (χ3n) is 4.14. The number of rotatable bonds is 3. The summed E-state index contributed by atoms with van der Waals surface area (Å²) in [6.45, 7) is 2.00. The van der Waals surface area contributed by atoms with Crippen molar-refractivity contribution in [2.75, 3.05) is 18.0 Å². The van der Waals surface area contributed by atoms with Crippen LogP contribution in [0.5, 0.6) is 0 Å². The molecule has 0 radical (unpaired) electrons. The molecule has 1 aliphatic carbocycles. The summed E-state index contributed by atoms with van der Waals surface area (Å²) in [5, 5.41) is 0. The highest BCUT2D eigenvalue weighted by atomic mass is 19.1. The lowest BCUT2D eigenvalue weighted by Crippen LogP contribution is -2.31. The maximum atomic E-state index is 13.6. The van der Waals surface area contributed by atoms with Crippen LogP contribution in [0.3, 0.4) is 0 Å². The van der Waals surface area contributed by atoms with Gasteiger partial charge >= 0.3 is 0 Å². The van der Waals surface area contributed by atoms with Crippen LogP contribution < -0.4 is 4.90 Å². The Morgan fingerprint density at radius 3 is 2.58 bits per heavy atom. The van der Waals surface area contributed by atoms with Crippen LogP contribution in [0.2, 0.25) is 0 Å². The van der Waals surface area contributed by atoms with Gasteiger partial charge in [-0.05, 0) is 50.3 Å². The normalized spacial score (nSPS) is 20.8. The monoisotopic (exact) mass is 260 g/mol. The summed E-state index contributed by atoms with van der Waals surface area (Å²) in [6, 6.07) is 4.86. The molecule has 0 N–H and O–H groups in total. The number of isocyanates is 1. The molecule has 100 valence electrons. The highest BCUT2D eigenvalue weighted by Crippen LogP contribution is 2.52. The van der Waals surface area contributed by atoms with Gasteiger partial charge in [0.1, 0.15) is 11.4 Å². The maximum Gasteiger partial charge on any atom is 0.235 e. The fourth-order valence-electron chi connectivity index (χ4n) is 2.94. The molecule has 2 aliphatic rings. The van der Waals surface area contributed by atoms with Crippen molar-refractivity contribution in [3.63, 3.8) is 0 Å². The third-order valence-corrected chi connectivity index (χ3v) is 4.14. The fourth-order valence-corrected chi connectivity index (χ4v) is 2.94. The number of benzene rings is 1. The van der Waals surface area contributed by atoms with Crippen molar-refractivity contribution in [3.05, 3.63) is 29.6 Å². The van der Waals surface area contributed by atoms with E-state index in [2.05, 4.69) is 9.89 Å². The molecule has 0 bridgehead atoms. The Hall–Kier alpha value is -1.67. The summed E-state index contributed by atoms with van der Waals surface area (Å²) in [6.07, 6.45) is 6.87. The largest absolute Gasteiger partial charge is 0.371 e. The van der Waals surface area contributed by atoms with Gasteiger partial charge < -0.3 is 4.90 Å². The average molecular weight is 260 g/mol. The molecule has 0 unspecified atom stereocenters. The van der Waals surface area contributed by atoms with E-state index in [9.17, 15) is 9.18 Å². The van der Waals surface area contributed by atoms with E-state index in [0.29, 0.717) is 0 Å². The minimum Gasteiger partial charge on any atom is -0.371 e. The van der Waals surface area contributed by atoms with Crippen LogP contribution in [-0.4, -0.2) is 19.2 Å². The minimum atomic E-state index is -0.503. The Kier molecular flexibility index (Phi) is 3.11. The number of aliphatic imine (C=N–C) groups is 1. The number of carbonyl (C=O) groups excluding carboxylic acids is 1. The maximum absolute atomic E-state index is 13.6. The van der Waals surface area contributed by atoms with Gasteiger partial charge in [-0.15, -0.1) is 0 Å². The Bertz CT molecular complexity index is 527. The van der Waals surface area contributed by atoms with Crippen molar-refractivity contribution in [1.82, 2.24) is 0 Å². The third kappa shape index (κ3) is 2.28. The predicted octanol–water partition coefficient (Wildman–Crippen LogP) is 3.14. The van der Waals surface area contributed by atoms with Crippen LogP contribution in [0.4, 0.5) is 10.1 Å². The van der Waals surface area contributed by atoms with Crippen molar-refractivity contribution in [2.45, 2.75) is 37.6 Å². The van der Waals surface area contributed by atoms with Crippen molar-refractivity contribution in [1.29, 1.82) is 0 Å². The first-order chi connectivity index (χ1) is 9.25. The van der Waals surface area contributed by atoms with Gasteiger partial charge in [-0.3, -0.25) is 0 Å². The summed E-state index contributed by atoms with van der Waals surface area (Å²) in [7, 11) is 0. The van der Waals surface area contributed by atoms with Gasteiger partial charge in [0.05, 0.1) is 0 Å². The molecule has 19 heavy (non-hydrogen) atoms. The molecular formula is C15H17FN2O. The number of piperidine rings is 1. The molecule has 0 spiro atoms. The lowest BCUT2D eigenvalue weighted by Gasteiger charge is -2.31. The van der Waals surface area contributed by atoms with Gasteiger partial charge in [-0.2, -0.15) is 4.99 Å². The van der Waals surface area contributed by atoms with E-state index in [-0.39, 0.29) is 5.82 Å². The van der Waals surface area contributed by atoms with E-state index in [1.807, 2.05) is 6.07 Å². The summed E-state index contributed by atoms with van der Waals surface area (Å²) in [5.41, 5.74) is 1.40. The molecule has 2 fully saturated rings. The molecule has 0 aromatic heterocycles. The highest BCUT2D eigenvalue weighted by Gasteiger charge is 2.47. The van der Waals surface area contributed by atoms with E-state index in [1.54, 1.807) is 6.08 Å². The Balaban J connectivity index is 2.02. The quantitative estimate of drug-likeness (QED) is 0.618. The zero-order chi connectivity index (χ0) is 13.3. The molecule has 0 amide bonds. The summed E-state index contributed by atoms with van der Waals surface area (Å²) >= 11 is 0. The molecule has 1 aliphatic heterocycles. The Labute approximate surface area is 112 Å². The first-order valence-corrected chi connectivity index (χ1v) is 6.89. The molecule has 3 nitrogen and oxygen atoms in total.